The molecule has 326 valence electrons. The van der Waals surface area contributed by atoms with Gasteiger partial charge in [-0.15, -0.1) is 0 Å². The van der Waals surface area contributed by atoms with E-state index in [0.29, 0.717) is 39.0 Å². The lowest BCUT2D eigenvalue weighted by atomic mass is 10.1. The number of carbonyl (C=O) groups is 2. The predicted molar refractivity (Wildman–Crippen MR) is 256 cm³/mol. The first-order valence-corrected chi connectivity index (χ1v) is 24.1. The molecule has 5 rings (SSSR count). The zero-order valence-electron chi connectivity index (χ0n) is 36.1. The first-order chi connectivity index (χ1) is 29.7. The zero-order chi connectivity index (χ0) is 43.2. The van der Waals surface area contributed by atoms with E-state index in [4.69, 9.17) is 0 Å². The van der Waals surface area contributed by atoms with E-state index in [9.17, 15) is 19.8 Å². The van der Waals surface area contributed by atoms with Gasteiger partial charge in [0.2, 0.25) is 11.8 Å². The van der Waals surface area contributed by atoms with Crippen LogP contribution >= 0.6 is 21.6 Å². The van der Waals surface area contributed by atoms with Crippen LogP contribution in [0.2, 0.25) is 0 Å². The maximum absolute atomic E-state index is 12.7. The molecule has 0 aliphatic carbocycles. The Morgan fingerprint density at radius 1 is 0.754 bits per heavy atom. The summed E-state index contributed by atoms with van der Waals surface area (Å²) < 4.78 is 2.11. The predicted octanol–water partition coefficient (Wildman–Crippen LogP) is 6.05. The maximum Gasteiger partial charge on any atom is 0.222 e. The second-order valence-electron chi connectivity index (χ2n) is 15.8. The largest absolute Gasteiger partial charge is 0.391 e. The second-order valence-corrected chi connectivity index (χ2v) is 18.5. The number of hydrogen-bond donors (Lipinski definition) is 3. The van der Waals surface area contributed by atoms with Gasteiger partial charge in [0.1, 0.15) is 0 Å². The van der Waals surface area contributed by atoms with Crippen LogP contribution in [0.5, 0.6) is 0 Å². The number of likely N-dealkylation sites (N-methyl/N-ethyl adjacent to an activating group) is 2. The number of carbonyl (C=O) groups excluding carboxylic acids is 2. The van der Waals surface area contributed by atoms with Crippen molar-refractivity contribution in [1.82, 2.24) is 9.80 Å². The number of rotatable bonds is 24. The van der Waals surface area contributed by atoms with Gasteiger partial charge in [0.25, 0.3) is 0 Å². The number of aromatic nitrogens is 1. The monoisotopic (exact) mass is 866 g/mol. The highest BCUT2D eigenvalue weighted by Gasteiger charge is 2.21. The Balaban J connectivity index is 0.859. The third kappa shape index (κ3) is 17.0. The van der Waals surface area contributed by atoms with Gasteiger partial charge in [-0.2, -0.15) is 0 Å². The lowest BCUT2D eigenvalue weighted by Gasteiger charge is -2.17. The summed E-state index contributed by atoms with van der Waals surface area (Å²) in [6.45, 7) is 9.90. The molecule has 0 spiro atoms. The van der Waals surface area contributed by atoms with E-state index >= 15 is 0 Å². The van der Waals surface area contributed by atoms with Crippen molar-refractivity contribution in [2.24, 2.45) is 0 Å². The molecule has 2 atom stereocenters. The van der Waals surface area contributed by atoms with Crippen LogP contribution in [-0.4, -0.2) is 115 Å². The smallest absolute Gasteiger partial charge is 0.222 e. The molecule has 0 saturated carbocycles. The number of quaternary nitrogens is 1. The molecular weight excluding hydrogens is 801 g/mol. The van der Waals surface area contributed by atoms with Crippen LogP contribution in [0.4, 0.5) is 11.4 Å². The molecule has 0 radical (unpaired) electrons. The lowest BCUT2D eigenvalue weighted by Crippen LogP contribution is -2.79. The highest BCUT2D eigenvalue weighted by molar-refractivity contribution is 8.76. The van der Waals surface area contributed by atoms with Crippen molar-refractivity contribution in [3.8, 4) is 0 Å². The van der Waals surface area contributed by atoms with Crippen molar-refractivity contribution in [1.29, 1.82) is 0 Å². The van der Waals surface area contributed by atoms with Gasteiger partial charge in [0, 0.05) is 88.1 Å². The number of allylic oxidation sites excluding steroid dienone is 5. The second kappa shape index (κ2) is 26.0. The summed E-state index contributed by atoms with van der Waals surface area (Å²) in [4.78, 5) is 33.5. The summed E-state index contributed by atoms with van der Waals surface area (Å²) >= 11 is 0. The highest BCUT2D eigenvalue weighted by atomic mass is 33.1. The van der Waals surface area contributed by atoms with Gasteiger partial charge in [-0.1, -0.05) is 88.9 Å². The van der Waals surface area contributed by atoms with Gasteiger partial charge in [-0.05, 0) is 78.3 Å². The van der Waals surface area contributed by atoms with E-state index in [-0.39, 0.29) is 24.0 Å². The van der Waals surface area contributed by atoms with Gasteiger partial charge in [-0.3, -0.25) is 9.59 Å². The number of aliphatic hydroxyl groups is 2. The Labute approximate surface area is 371 Å². The fourth-order valence-electron chi connectivity index (χ4n) is 7.08. The van der Waals surface area contributed by atoms with Crippen molar-refractivity contribution in [2.75, 3.05) is 81.2 Å². The molecule has 12 heteroatoms. The minimum atomic E-state index is -0.234. The molecule has 0 bridgehead atoms. The normalized spacial score (nSPS) is 17.0. The van der Waals surface area contributed by atoms with E-state index < -0.39 is 0 Å². The highest BCUT2D eigenvalue weighted by Crippen LogP contribution is 2.25. The van der Waals surface area contributed by atoms with E-state index in [1.165, 1.54) is 0 Å². The van der Waals surface area contributed by atoms with E-state index in [1.807, 2.05) is 42.2 Å². The molecule has 2 amide bonds. The fourth-order valence-corrected chi connectivity index (χ4v) is 9.26. The molecular formula is C49H66N6O4S2+2. The van der Waals surface area contributed by atoms with Crippen LogP contribution in [0.1, 0.15) is 55.2 Å². The zero-order valence-corrected chi connectivity index (χ0v) is 37.7. The van der Waals surface area contributed by atoms with E-state index in [1.54, 1.807) is 27.7 Å². The molecule has 2 aliphatic heterocycles. The fraction of sp³-hybridized carbons (Fsp3) is 0.408. The number of benzene rings is 2. The first-order valence-electron chi connectivity index (χ1n) is 21.6. The number of aliphatic hydroxyl groups excluding tert-OH is 2. The van der Waals surface area contributed by atoms with Crippen LogP contribution < -0.4 is 19.7 Å². The van der Waals surface area contributed by atoms with Gasteiger partial charge in [0.15, 0.2) is 18.9 Å². The Morgan fingerprint density at radius 3 is 1.77 bits per heavy atom. The Hall–Kier alpha value is -4.59. The van der Waals surface area contributed by atoms with Crippen LogP contribution in [0.15, 0.2) is 116 Å². The van der Waals surface area contributed by atoms with Crippen molar-refractivity contribution in [3.63, 3.8) is 0 Å². The molecule has 2 saturated heterocycles. The molecule has 61 heavy (non-hydrogen) atoms. The van der Waals surface area contributed by atoms with Gasteiger partial charge in [-0.25, -0.2) is 4.57 Å². The summed E-state index contributed by atoms with van der Waals surface area (Å²) in [5.74, 6) is 2.16. The lowest BCUT2D eigenvalue weighted by molar-refractivity contribution is -0.696. The number of nitrogens with zero attached hydrogens (tertiary/aromatic N) is 5. The van der Waals surface area contributed by atoms with Crippen LogP contribution in [0, 0.1) is 0 Å². The molecule has 4 N–H and O–H groups in total. The number of amides is 2. The number of β-amino-alcohol motifs (C(OH)–C–C–N with tert-alkyl or cyclic N) is 2. The van der Waals surface area contributed by atoms with Crippen LogP contribution in [0.25, 0.3) is 18.2 Å². The molecule has 2 aromatic carbocycles. The van der Waals surface area contributed by atoms with Gasteiger partial charge >= 0.3 is 0 Å². The molecule has 2 aliphatic rings. The van der Waals surface area contributed by atoms with Crippen molar-refractivity contribution >= 4 is 63.0 Å². The SMILES string of the molecule is C=CC=C(C=C[NH2+]CCN(C)C(=O)CCCSSCCCC(=O)N(C)CC[n+]1ccc(C=Cc2ccc(N3CCC(O)C3)cc2)cc1)C=Cc1ccc(N2CCC(O)C2)cc1. The van der Waals surface area contributed by atoms with Crippen molar-refractivity contribution < 1.29 is 29.7 Å². The quantitative estimate of drug-likeness (QED) is 0.0433. The molecule has 1 aromatic heterocycles. The topological polar surface area (TPSA) is 108 Å². The van der Waals surface area contributed by atoms with Crippen LogP contribution in [0.3, 0.4) is 0 Å². The molecule has 2 unspecified atom stereocenters. The van der Waals surface area contributed by atoms with Crippen molar-refractivity contribution in [3.05, 3.63) is 132 Å². The van der Waals surface area contributed by atoms with Gasteiger partial charge in [0.05, 0.1) is 38.0 Å². The van der Waals surface area contributed by atoms with Gasteiger partial charge < -0.3 is 35.1 Å². The Bertz CT molecular complexity index is 1930. The standard InChI is InChI=1S/C49H65N6O4S2/c1-4-7-40(10-11-41-14-18-44(19-15-41)54-31-25-46(56)38-54)22-27-50-28-33-51(2)48(58)8-5-36-60-61-37-6-9-49(59)52(3)34-35-53-29-23-43(24-30-53)13-12-42-16-20-45(21-17-42)55-32-26-47(57)39-55/h4,7,10-24,27,29-30,46-47,50,56-57H,1,5-6,8-9,25-26,28,31-39H2,2-3H3/q+1/p+1. The summed E-state index contributed by atoms with van der Waals surface area (Å²) in [5.41, 5.74) is 6.69. The third-order valence-electron chi connectivity index (χ3n) is 10.9. The van der Waals surface area contributed by atoms with Crippen LogP contribution in [-0.2, 0) is 16.1 Å². The third-order valence-corrected chi connectivity index (χ3v) is 13.5. The maximum atomic E-state index is 12.7. The summed E-state index contributed by atoms with van der Waals surface area (Å²) in [7, 11) is 7.32. The van der Waals surface area contributed by atoms with E-state index in [0.717, 1.165) is 97.0 Å². The minimum absolute atomic E-state index is 0.169. The number of pyridine rings is 1. The number of nitrogens with two attached hydrogens (primary N) is 1. The molecule has 3 heterocycles. The Morgan fingerprint density at radius 2 is 1.26 bits per heavy atom. The minimum Gasteiger partial charge on any atom is -0.391 e. The molecule has 3 aromatic rings. The number of anilines is 2. The Kier molecular flexibility index (Phi) is 20.2. The molecule has 10 nitrogen and oxygen atoms in total. The average molecular weight is 867 g/mol. The first kappa shape index (κ1) is 47.5. The number of hydrogen-bond acceptors (Lipinski definition) is 8. The average Bonchev–Trinajstić information content (AvgIpc) is 3.92. The summed E-state index contributed by atoms with van der Waals surface area (Å²) in [5, 5.41) is 21.7. The molecule has 2 fully saturated rings. The van der Waals surface area contributed by atoms with Crippen molar-refractivity contribution in [2.45, 2.75) is 57.3 Å². The summed E-state index contributed by atoms with van der Waals surface area (Å²) in [6, 6.07) is 21.0. The van der Waals surface area contributed by atoms with E-state index in [2.05, 4.69) is 124 Å². The summed E-state index contributed by atoms with van der Waals surface area (Å²) in [6.07, 6.45) is 24.3.